The summed E-state index contributed by atoms with van der Waals surface area (Å²) in [6.07, 6.45) is 0. The second kappa shape index (κ2) is 7.05. The van der Waals surface area contributed by atoms with Crippen LogP contribution in [0.5, 0.6) is 0 Å². The van der Waals surface area contributed by atoms with Crippen LogP contribution in [0.3, 0.4) is 0 Å². The van der Waals surface area contributed by atoms with Gasteiger partial charge in [-0.15, -0.1) is 0 Å². The van der Waals surface area contributed by atoms with Gasteiger partial charge in [0.25, 0.3) is 0 Å². The Hall–Kier alpha value is -0.848. The van der Waals surface area contributed by atoms with E-state index in [1.54, 1.807) is 11.1 Å². The summed E-state index contributed by atoms with van der Waals surface area (Å²) in [4.78, 5) is 0. The van der Waals surface area contributed by atoms with E-state index in [1.807, 2.05) is 6.42 Å². The number of allylic oxidation sites excluding steroid dienone is 2. The van der Waals surface area contributed by atoms with Crippen LogP contribution >= 0.6 is 0 Å². The molecule has 3 heteroatoms. The predicted molar refractivity (Wildman–Crippen MR) is 119 cm³/mol. The molecule has 25 heavy (non-hydrogen) atoms. The van der Waals surface area contributed by atoms with Gasteiger partial charge in [0.1, 0.15) is 0 Å². The molecule has 0 bridgehead atoms. The molecule has 3 rings (SSSR count). The van der Waals surface area contributed by atoms with Gasteiger partial charge in [-0.1, -0.05) is 0 Å². The van der Waals surface area contributed by atoms with Crippen LogP contribution in [-0.2, 0) is 0 Å². The average Bonchev–Trinajstić information content (AvgIpc) is 2.97. The Labute approximate surface area is 165 Å². The third kappa shape index (κ3) is 3.96. The SMILES string of the molecule is C[Si](C)(C)[C]1=C(c2ccccc2)C(c2ccccc2)=[C]([Si](C)(C)C)[Sn]1. The van der Waals surface area contributed by atoms with Crippen molar-refractivity contribution in [1.82, 2.24) is 0 Å². The minimum atomic E-state index is -1.33. The molecule has 128 valence electrons. The predicted octanol–water partition coefficient (Wildman–Crippen LogP) is 6.28. The van der Waals surface area contributed by atoms with E-state index in [-0.39, 0.29) is 0 Å². The number of benzene rings is 2. The number of rotatable bonds is 4. The quantitative estimate of drug-likeness (QED) is 0.465. The Kier molecular flexibility index (Phi) is 5.34. The van der Waals surface area contributed by atoms with Crippen LogP contribution in [0.4, 0.5) is 0 Å². The zero-order valence-corrected chi connectivity index (χ0v) is 21.1. The molecule has 0 nitrogen and oxygen atoms in total. The Morgan fingerprint density at radius 1 is 0.520 bits per heavy atom. The van der Waals surface area contributed by atoms with E-state index in [9.17, 15) is 0 Å². The Morgan fingerprint density at radius 2 is 0.840 bits per heavy atom. The Morgan fingerprint density at radius 3 is 1.12 bits per heavy atom. The second-order valence-electron chi connectivity index (χ2n) is 8.86. The van der Waals surface area contributed by atoms with E-state index in [0.29, 0.717) is 0 Å². The van der Waals surface area contributed by atoms with Crippen LogP contribution in [0.15, 0.2) is 67.1 Å². The van der Waals surface area contributed by atoms with Gasteiger partial charge >= 0.3 is 166 Å². The zero-order chi connectivity index (χ0) is 18.2. The first-order valence-corrected chi connectivity index (χ1v) is 18.9. The molecule has 0 aliphatic carbocycles. The monoisotopic (exact) mass is 468 g/mol. The van der Waals surface area contributed by atoms with Crippen LogP contribution in [-0.4, -0.2) is 37.3 Å². The summed E-state index contributed by atoms with van der Waals surface area (Å²) in [6.45, 7) is 15.3. The van der Waals surface area contributed by atoms with Gasteiger partial charge in [0.2, 0.25) is 0 Å². The van der Waals surface area contributed by atoms with Crippen molar-refractivity contribution in [3.63, 3.8) is 0 Å². The van der Waals surface area contributed by atoms with Crippen LogP contribution in [0.25, 0.3) is 11.1 Å². The van der Waals surface area contributed by atoms with Gasteiger partial charge in [0, 0.05) is 0 Å². The van der Waals surface area contributed by atoms with E-state index in [2.05, 4.69) is 99.9 Å². The average molecular weight is 467 g/mol. The number of hydrogen-bond acceptors (Lipinski definition) is 0. The summed E-state index contributed by atoms with van der Waals surface area (Å²) in [5.74, 6) is 0. The minimum absolute atomic E-state index is 0.680. The molecule has 0 aromatic heterocycles. The van der Waals surface area contributed by atoms with E-state index >= 15 is 0 Å². The van der Waals surface area contributed by atoms with E-state index in [0.717, 1.165) is 0 Å². The molecule has 0 spiro atoms. The maximum atomic E-state index is 2.54. The van der Waals surface area contributed by atoms with Gasteiger partial charge in [-0.25, -0.2) is 0 Å². The van der Waals surface area contributed by atoms with Crippen molar-refractivity contribution in [2.75, 3.05) is 0 Å². The van der Waals surface area contributed by atoms with Crippen LogP contribution in [0, 0.1) is 0 Å². The summed E-state index contributed by atoms with van der Waals surface area (Å²) in [6, 6.07) is 22.4. The van der Waals surface area contributed by atoms with Crippen LogP contribution in [0.1, 0.15) is 11.1 Å². The molecule has 1 aliphatic heterocycles. The molecule has 2 aromatic rings. The molecule has 1 heterocycles. The Balaban J connectivity index is 2.33. The first-order valence-electron chi connectivity index (χ1n) is 9.07. The molecule has 2 radical (unpaired) electrons. The summed E-state index contributed by atoms with van der Waals surface area (Å²) < 4.78 is 3.80. The molecule has 0 unspecified atom stereocenters. The van der Waals surface area contributed by atoms with Crippen molar-refractivity contribution in [1.29, 1.82) is 0 Å². The zero-order valence-electron chi connectivity index (χ0n) is 16.3. The van der Waals surface area contributed by atoms with Crippen LogP contribution in [0.2, 0.25) is 39.3 Å². The topological polar surface area (TPSA) is 0 Å². The molecule has 0 saturated carbocycles. The molecular weight excluding hydrogens is 439 g/mol. The van der Waals surface area contributed by atoms with Crippen molar-refractivity contribution in [2.24, 2.45) is 0 Å². The van der Waals surface area contributed by atoms with E-state index in [4.69, 9.17) is 0 Å². The van der Waals surface area contributed by atoms with Crippen molar-refractivity contribution >= 4 is 48.4 Å². The van der Waals surface area contributed by atoms with Gasteiger partial charge in [-0.2, -0.15) is 0 Å². The first kappa shape index (κ1) is 18.9. The standard InChI is InChI=1S/C22H28Si2.Sn/c1-23(2,3)17-21(19-13-9-7-10-14-19)22(18-24(4,5)6)20-15-11-8-12-16-20;/h7-16H,1-6H3;. The van der Waals surface area contributed by atoms with E-state index < -0.39 is 37.3 Å². The molecule has 0 atom stereocenters. The first-order chi connectivity index (χ1) is 11.7. The maximum absolute atomic E-state index is 2.54. The summed E-state index contributed by atoms with van der Waals surface area (Å²) in [5, 5.41) is 0. The van der Waals surface area contributed by atoms with Crippen molar-refractivity contribution < 1.29 is 0 Å². The Bertz CT molecular complexity index is 748. The van der Waals surface area contributed by atoms with Gasteiger partial charge < -0.3 is 0 Å². The fraction of sp³-hybridized carbons (Fsp3) is 0.273. The molecule has 1 aliphatic rings. The molecule has 0 amide bonds. The summed E-state index contributed by atoms with van der Waals surface area (Å²) >= 11 is -0.680. The summed E-state index contributed by atoms with van der Waals surface area (Å²) in [7, 11) is -2.66. The van der Waals surface area contributed by atoms with Gasteiger partial charge in [-0.3, -0.25) is 0 Å². The third-order valence-electron chi connectivity index (χ3n) is 4.62. The molecule has 0 N–H and O–H groups in total. The third-order valence-corrected chi connectivity index (χ3v) is 25.5. The molecule has 0 saturated heterocycles. The molecule has 2 aromatic carbocycles. The fourth-order valence-corrected chi connectivity index (χ4v) is 18.1. The van der Waals surface area contributed by atoms with E-state index in [1.165, 1.54) is 11.1 Å². The second-order valence-corrected chi connectivity index (χ2v) is 25.3. The van der Waals surface area contributed by atoms with Crippen molar-refractivity contribution in [3.8, 4) is 0 Å². The molecule has 0 fully saturated rings. The van der Waals surface area contributed by atoms with Crippen molar-refractivity contribution in [2.45, 2.75) is 39.3 Å². The molecular formula is C22H28Si2Sn. The summed E-state index contributed by atoms with van der Waals surface area (Å²) in [5.41, 5.74) is 6.12. The van der Waals surface area contributed by atoms with Gasteiger partial charge in [-0.05, 0) is 0 Å². The van der Waals surface area contributed by atoms with Crippen LogP contribution < -0.4 is 0 Å². The van der Waals surface area contributed by atoms with Gasteiger partial charge in [0.05, 0.1) is 0 Å². The fourth-order valence-electron chi connectivity index (χ4n) is 3.41. The van der Waals surface area contributed by atoms with Gasteiger partial charge in [0.15, 0.2) is 0 Å². The normalized spacial score (nSPS) is 15.9. The van der Waals surface area contributed by atoms with Crippen molar-refractivity contribution in [3.05, 3.63) is 78.2 Å². The number of hydrogen-bond donors (Lipinski definition) is 0.